The van der Waals surface area contributed by atoms with E-state index in [-0.39, 0.29) is 16.3 Å². The molecular formula is C19H15ClF3N3O2S2. The van der Waals surface area contributed by atoms with Gasteiger partial charge in [-0.2, -0.15) is 13.2 Å². The third kappa shape index (κ3) is 3.83. The maximum absolute atomic E-state index is 13.2. The molecule has 0 saturated carbocycles. The van der Waals surface area contributed by atoms with Crippen molar-refractivity contribution in [3.05, 3.63) is 49.6 Å². The van der Waals surface area contributed by atoms with E-state index >= 15 is 0 Å². The summed E-state index contributed by atoms with van der Waals surface area (Å²) in [7, 11) is 1.57. The molecule has 2 aromatic heterocycles. The highest BCUT2D eigenvalue weighted by Gasteiger charge is 2.34. The van der Waals surface area contributed by atoms with Crippen LogP contribution in [-0.2, 0) is 30.9 Å². The van der Waals surface area contributed by atoms with Gasteiger partial charge in [-0.3, -0.25) is 14.2 Å². The first-order chi connectivity index (χ1) is 14.2. The molecule has 11 heteroatoms. The summed E-state index contributed by atoms with van der Waals surface area (Å²) in [6.45, 7) is 0. The maximum atomic E-state index is 13.2. The molecule has 2 heterocycles. The second-order valence-corrected chi connectivity index (χ2v) is 9.23. The largest absolute Gasteiger partial charge is 0.418 e. The van der Waals surface area contributed by atoms with Crippen LogP contribution in [0.3, 0.4) is 0 Å². The van der Waals surface area contributed by atoms with Gasteiger partial charge >= 0.3 is 6.18 Å². The SMILES string of the molecule is Cn1c(SCC(=O)Nc2c(Cl)cccc2C(F)(F)F)nc2sc3c(c2c1=O)CCC3. The molecule has 0 atom stereocenters. The van der Waals surface area contributed by atoms with Crippen LogP contribution in [0.15, 0.2) is 28.2 Å². The van der Waals surface area contributed by atoms with Gasteiger partial charge in [0.2, 0.25) is 5.91 Å². The van der Waals surface area contributed by atoms with Crippen molar-refractivity contribution < 1.29 is 18.0 Å². The van der Waals surface area contributed by atoms with Gasteiger partial charge in [0.1, 0.15) is 4.83 Å². The van der Waals surface area contributed by atoms with Crippen molar-refractivity contribution in [3.8, 4) is 0 Å². The predicted molar refractivity (Wildman–Crippen MR) is 113 cm³/mol. The number of nitrogens with zero attached hydrogens (tertiary/aromatic N) is 2. The molecule has 1 aromatic carbocycles. The van der Waals surface area contributed by atoms with Crippen LogP contribution in [0.2, 0.25) is 5.02 Å². The highest BCUT2D eigenvalue weighted by Crippen LogP contribution is 2.39. The van der Waals surface area contributed by atoms with Crippen molar-refractivity contribution in [1.82, 2.24) is 9.55 Å². The van der Waals surface area contributed by atoms with Gasteiger partial charge in [-0.05, 0) is 37.0 Å². The van der Waals surface area contributed by atoms with E-state index in [1.54, 1.807) is 7.05 Å². The zero-order chi connectivity index (χ0) is 21.6. The number of amides is 1. The maximum Gasteiger partial charge on any atom is 0.418 e. The Kier molecular flexibility index (Phi) is 5.58. The molecule has 0 fully saturated rings. The lowest BCUT2D eigenvalue weighted by atomic mass is 10.1. The number of hydrogen-bond acceptors (Lipinski definition) is 5. The smallest absolute Gasteiger partial charge is 0.324 e. The van der Waals surface area contributed by atoms with Crippen LogP contribution >= 0.6 is 34.7 Å². The van der Waals surface area contributed by atoms with E-state index < -0.39 is 23.3 Å². The van der Waals surface area contributed by atoms with Crippen LogP contribution in [0.25, 0.3) is 10.2 Å². The van der Waals surface area contributed by atoms with E-state index in [0.717, 1.165) is 42.7 Å². The van der Waals surface area contributed by atoms with Crippen molar-refractivity contribution in [3.63, 3.8) is 0 Å². The molecule has 1 N–H and O–H groups in total. The first-order valence-electron chi connectivity index (χ1n) is 8.96. The van der Waals surface area contributed by atoms with Crippen molar-refractivity contribution in [2.45, 2.75) is 30.6 Å². The Morgan fingerprint density at radius 2 is 2.13 bits per heavy atom. The number of nitrogens with one attached hydrogen (secondary N) is 1. The summed E-state index contributed by atoms with van der Waals surface area (Å²) in [6.07, 6.45) is -1.83. The molecule has 4 rings (SSSR count). The van der Waals surface area contributed by atoms with Gasteiger partial charge in [-0.25, -0.2) is 4.98 Å². The Hall–Kier alpha value is -2.04. The first-order valence-corrected chi connectivity index (χ1v) is 11.1. The number of hydrogen-bond donors (Lipinski definition) is 1. The molecule has 1 aliphatic rings. The number of thioether (sulfide) groups is 1. The number of carbonyl (C=O) groups excluding carboxylic acids is 1. The van der Waals surface area contributed by atoms with E-state index in [2.05, 4.69) is 10.3 Å². The second-order valence-electron chi connectivity index (χ2n) is 6.79. The van der Waals surface area contributed by atoms with Gasteiger partial charge in [-0.15, -0.1) is 11.3 Å². The third-order valence-corrected chi connectivity index (χ3v) is 7.35. The highest BCUT2D eigenvalue weighted by molar-refractivity contribution is 7.99. The number of carbonyl (C=O) groups is 1. The normalized spacial score (nSPS) is 13.6. The van der Waals surface area contributed by atoms with Crippen molar-refractivity contribution in [2.24, 2.45) is 7.05 Å². The molecule has 5 nitrogen and oxygen atoms in total. The van der Waals surface area contributed by atoms with Crippen molar-refractivity contribution >= 4 is 56.5 Å². The summed E-state index contributed by atoms with van der Waals surface area (Å²) in [5, 5.41) is 2.99. The van der Waals surface area contributed by atoms with Gasteiger partial charge in [0, 0.05) is 11.9 Å². The molecule has 30 heavy (non-hydrogen) atoms. The number of halogens is 4. The average molecular weight is 474 g/mol. The Balaban J connectivity index is 1.55. The van der Waals surface area contributed by atoms with Crippen LogP contribution in [-0.4, -0.2) is 21.2 Å². The standard InChI is InChI=1S/C19H15ClF3N3O2S2/c1-26-17(28)14-9-4-2-7-12(9)30-16(14)25-18(26)29-8-13(27)24-15-10(19(21,22)23)5-3-6-11(15)20/h3,5-6H,2,4,7-8H2,1H3,(H,24,27). The van der Waals surface area contributed by atoms with Gasteiger partial charge in [0.05, 0.1) is 27.4 Å². The predicted octanol–water partition coefficient (Wildman–Crippen LogP) is 4.89. The monoisotopic (exact) mass is 473 g/mol. The van der Waals surface area contributed by atoms with E-state index in [1.165, 1.54) is 32.9 Å². The number of aryl methyl sites for hydroxylation is 2. The number of aromatic nitrogens is 2. The lowest BCUT2D eigenvalue weighted by Gasteiger charge is -2.15. The quantitative estimate of drug-likeness (QED) is 0.433. The van der Waals surface area contributed by atoms with E-state index in [0.29, 0.717) is 15.4 Å². The summed E-state index contributed by atoms with van der Waals surface area (Å²) >= 11 is 8.34. The van der Waals surface area contributed by atoms with Gasteiger partial charge in [-0.1, -0.05) is 29.4 Å². The summed E-state index contributed by atoms with van der Waals surface area (Å²) in [4.78, 5) is 31.4. The molecule has 3 aromatic rings. The van der Waals surface area contributed by atoms with E-state index in [1.807, 2.05) is 0 Å². The molecule has 0 spiro atoms. The van der Waals surface area contributed by atoms with Crippen molar-refractivity contribution in [1.29, 1.82) is 0 Å². The topological polar surface area (TPSA) is 64.0 Å². The minimum Gasteiger partial charge on any atom is -0.324 e. The number of alkyl halides is 3. The number of benzene rings is 1. The number of thiophene rings is 1. The van der Waals surface area contributed by atoms with Gasteiger partial charge < -0.3 is 5.32 Å². The summed E-state index contributed by atoms with van der Waals surface area (Å²) < 4.78 is 40.9. The fourth-order valence-corrected chi connectivity index (χ4v) is 5.72. The van der Waals surface area contributed by atoms with Crippen LogP contribution in [0.1, 0.15) is 22.4 Å². The second kappa shape index (κ2) is 7.90. The zero-order valence-electron chi connectivity index (χ0n) is 15.6. The molecule has 0 radical (unpaired) electrons. The Morgan fingerprint density at radius 3 is 2.87 bits per heavy atom. The van der Waals surface area contributed by atoms with Crippen LogP contribution in [0.4, 0.5) is 18.9 Å². The average Bonchev–Trinajstić information content (AvgIpc) is 3.25. The number of anilines is 1. The summed E-state index contributed by atoms with van der Waals surface area (Å²) in [5.74, 6) is -0.902. The molecule has 158 valence electrons. The minimum atomic E-state index is -4.66. The van der Waals surface area contributed by atoms with Gasteiger partial charge in [0.25, 0.3) is 5.56 Å². The molecule has 0 saturated heterocycles. The van der Waals surface area contributed by atoms with Crippen LogP contribution in [0.5, 0.6) is 0 Å². The fourth-order valence-electron chi connectivity index (χ4n) is 3.43. The Labute approximate surface area is 182 Å². The molecule has 0 aliphatic heterocycles. The first kappa shape index (κ1) is 21.2. The Bertz CT molecular complexity index is 1220. The molecule has 1 amide bonds. The molecular weight excluding hydrogens is 459 g/mol. The van der Waals surface area contributed by atoms with Crippen molar-refractivity contribution in [2.75, 3.05) is 11.1 Å². The number of fused-ring (bicyclic) bond motifs is 3. The Morgan fingerprint density at radius 1 is 1.37 bits per heavy atom. The third-order valence-electron chi connectivity index (χ3n) is 4.82. The molecule has 1 aliphatic carbocycles. The van der Waals surface area contributed by atoms with Gasteiger partial charge in [0.15, 0.2) is 5.16 Å². The minimum absolute atomic E-state index is 0.173. The summed E-state index contributed by atoms with van der Waals surface area (Å²) in [5.41, 5.74) is -0.610. The van der Waals surface area contributed by atoms with Crippen LogP contribution in [0, 0.1) is 0 Å². The highest BCUT2D eigenvalue weighted by atomic mass is 35.5. The van der Waals surface area contributed by atoms with Crippen LogP contribution < -0.4 is 10.9 Å². The molecule has 0 bridgehead atoms. The lowest BCUT2D eigenvalue weighted by Crippen LogP contribution is -2.22. The zero-order valence-corrected chi connectivity index (χ0v) is 18.0. The fraction of sp³-hybridized carbons (Fsp3) is 0.316. The summed E-state index contributed by atoms with van der Waals surface area (Å²) in [6, 6.07) is 3.29. The lowest BCUT2D eigenvalue weighted by molar-refractivity contribution is -0.137. The number of rotatable bonds is 4. The van der Waals surface area contributed by atoms with E-state index in [9.17, 15) is 22.8 Å². The molecule has 0 unspecified atom stereocenters. The number of para-hydroxylation sites is 1. The van der Waals surface area contributed by atoms with E-state index in [4.69, 9.17) is 11.6 Å².